The molecule has 1 heterocycles. The van der Waals surface area contributed by atoms with Gasteiger partial charge in [0.2, 0.25) is 0 Å². The number of allylic oxidation sites excluding steroid dienone is 1. The number of fused-ring (bicyclic) bond motifs is 3. The Kier molecular flexibility index (Phi) is 5.56. The SMILES string of the molecule is Cc1cccc(-c2ccc(-c3cccc(-c4cccc(-c5ccccc5)c4)c3)c3c4c(oc23)CCC=C4)c1. The van der Waals surface area contributed by atoms with Gasteiger partial charge in [-0.3, -0.25) is 0 Å². The number of furan rings is 1. The van der Waals surface area contributed by atoms with E-state index in [0.29, 0.717) is 0 Å². The lowest BCUT2D eigenvalue weighted by Crippen LogP contribution is -1.90. The number of hydrogen-bond acceptors (Lipinski definition) is 1. The van der Waals surface area contributed by atoms with Crippen LogP contribution in [0.5, 0.6) is 0 Å². The summed E-state index contributed by atoms with van der Waals surface area (Å²) in [5.74, 6) is 1.09. The van der Waals surface area contributed by atoms with Crippen molar-refractivity contribution in [3.05, 3.63) is 138 Å². The van der Waals surface area contributed by atoms with E-state index in [2.05, 4.69) is 134 Å². The maximum atomic E-state index is 6.61. The molecule has 0 unspecified atom stereocenters. The third-order valence-electron chi connectivity index (χ3n) is 7.58. The minimum atomic E-state index is 0.944. The predicted octanol–water partition coefficient (Wildman–Crippen LogP) is 10.4. The molecule has 38 heavy (non-hydrogen) atoms. The molecule has 0 amide bonds. The molecule has 5 aromatic carbocycles. The average Bonchev–Trinajstić information content (AvgIpc) is 3.37. The van der Waals surface area contributed by atoms with Crippen molar-refractivity contribution in [2.75, 3.05) is 0 Å². The van der Waals surface area contributed by atoms with Crippen LogP contribution in [0.1, 0.15) is 23.3 Å². The van der Waals surface area contributed by atoms with Gasteiger partial charge in [0.1, 0.15) is 11.3 Å². The summed E-state index contributed by atoms with van der Waals surface area (Å²) < 4.78 is 6.61. The summed E-state index contributed by atoms with van der Waals surface area (Å²) in [6.45, 7) is 2.14. The third-order valence-corrected chi connectivity index (χ3v) is 7.58. The third kappa shape index (κ3) is 3.97. The van der Waals surface area contributed by atoms with Crippen molar-refractivity contribution >= 4 is 17.0 Å². The molecule has 1 nitrogen and oxygen atoms in total. The topological polar surface area (TPSA) is 13.1 Å². The number of benzene rings is 5. The van der Waals surface area contributed by atoms with Crippen LogP contribution >= 0.6 is 0 Å². The lowest BCUT2D eigenvalue weighted by molar-refractivity contribution is 0.547. The Morgan fingerprint density at radius 3 is 1.92 bits per heavy atom. The first-order valence-corrected chi connectivity index (χ1v) is 13.3. The average molecular weight is 489 g/mol. The second-order valence-corrected chi connectivity index (χ2v) is 10.1. The summed E-state index contributed by atoms with van der Waals surface area (Å²) in [6.07, 6.45) is 6.49. The summed E-state index contributed by atoms with van der Waals surface area (Å²) in [5.41, 5.74) is 13.1. The summed E-state index contributed by atoms with van der Waals surface area (Å²) >= 11 is 0. The Morgan fingerprint density at radius 1 is 0.553 bits per heavy atom. The molecule has 0 spiro atoms. The summed E-state index contributed by atoms with van der Waals surface area (Å²) in [4.78, 5) is 0. The van der Waals surface area contributed by atoms with Crippen molar-refractivity contribution < 1.29 is 4.42 Å². The fraction of sp³-hybridized carbons (Fsp3) is 0.0811. The van der Waals surface area contributed by atoms with E-state index in [1.165, 1.54) is 55.5 Å². The van der Waals surface area contributed by atoms with Crippen molar-refractivity contribution in [1.29, 1.82) is 0 Å². The van der Waals surface area contributed by atoms with Gasteiger partial charge in [0.25, 0.3) is 0 Å². The van der Waals surface area contributed by atoms with Crippen molar-refractivity contribution in [1.82, 2.24) is 0 Å². The molecule has 0 aliphatic heterocycles. The van der Waals surface area contributed by atoms with E-state index in [1.807, 2.05) is 0 Å². The van der Waals surface area contributed by atoms with Crippen molar-refractivity contribution in [2.24, 2.45) is 0 Å². The molecule has 0 N–H and O–H groups in total. The fourth-order valence-corrected chi connectivity index (χ4v) is 5.71. The molecule has 0 fully saturated rings. The highest BCUT2D eigenvalue weighted by Gasteiger charge is 2.21. The monoisotopic (exact) mass is 488 g/mol. The molecule has 1 aliphatic rings. The normalized spacial score (nSPS) is 12.6. The highest BCUT2D eigenvalue weighted by molar-refractivity contribution is 6.07. The van der Waals surface area contributed by atoms with Gasteiger partial charge in [-0.05, 0) is 70.5 Å². The van der Waals surface area contributed by atoms with Gasteiger partial charge < -0.3 is 4.42 Å². The van der Waals surface area contributed by atoms with E-state index < -0.39 is 0 Å². The lowest BCUT2D eigenvalue weighted by Gasteiger charge is -2.12. The van der Waals surface area contributed by atoms with Gasteiger partial charge in [-0.25, -0.2) is 0 Å². The van der Waals surface area contributed by atoms with Crippen LogP contribution in [0.15, 0.2) is 126 Å². The summed E-state index contributed by atoms with van der Waals surface area (Å²) in [5, 5.41) is 1.21. The Labute approximate surface area is 223 Å². The zero-order valence-corrected chi connectivity index (χ0v) is 21.4. The van der Waals surface area contributed by atoms with Crippen LogP contribution < -0.4 is 0 Å². The van der Waals surface area contributed by atoms with Gasteiger partial charge in [-0.1, -0.05) is 115 Å². The van der Waals surface area contributed by atoms with Crippen LogP contribution in [0.25, 0.3) is 61.6 Å². The molecule has 1 heteroatoms. The lowest BCUT2D eigenvalue weighted by atomic mass is 9.90. The van der Waals surface area contributed by atoms with Crippen LogP contribution in [0.2, 0.25) is 0 Å². The molecule has 0 saturated heterocycles. The number of rotatable bonds is 4. The Hall–Kier alpha value is -4.62. The zero-order chi connectivity index (χ0) is 25.5. The Bertz CT molecular complexity index is 1820. The van der Waals surface area contributed by atoms with Crippen molar-refractivity contribution in [3.8, 4) is 44.5 Å². The van der Waals surface area contributed by atoms with Gasteiger partial charge in [-0.15, -0.1) is 0 Å². The van der Waals surface area contributed by atoms with E-state index in [-0.39, 0.29) is 0 Å². The molecule has 0 bridgehead atoms. The van der Waals surface area contributed by atoms with Crippen LogP contribution in [0, 0.1) is 6.92 Å². The number of hydrogen-bond donors (Lipinski definition) is 0. The maximum Gasteiger partial charge on any atom is 0.143 e. The Morgan fingerprint density at radius 2 is 1.16 bits per heavy atom. The Balaban J connectivity index is 1.39. The predicted molar refractivity (Wildman–Crippen MR) is 160 cm³/mol. The quantitative estimate of drug-likeness (QED) is 0.240. The minimum Gasteiger partial charge on any atom is -0.460 e. The largest absolute Gasteiger partial charge is 0.460 e. The summed E-state index contributed by atoms with van der Waals surface area (Å²) in [7, 11) is 0. The van der Waals surface area contributed by atoms with Crippen LogP contribution in [-0.4, -0.2) is 0 Å². The van der Waals surface area contributed by atoms with Crippen molar-refractivity contribution in [2.45, 2.75) is 19.8 Å². The molecule has 1 aliphatic carbocycles. The molecule has 1 aromatic heterocycles. The standard InChI is InChI=1S/C37H28O/c1-25-10-7-16-30(22-25)33-21-20-32(36-34-18-5-6-19-35(34)38-37(33)36)31-17-9-15-29(24-31)28-14-8-13-27(23-28)26-11-3-2-4-12-26/h2-5,7-18,20-24H,6,19H2,1H3. The second kappa shape index (κ2) is 9.36. The first-order chi connectivity index (χ1) is 18.7. The van der Waals surface area contributed by atoms with Gasteiger partial charge >= 0.3 is 0 Å². The van der Waals surface area contributed by atoms with E-state index in [4.69, 9.17) is 4.42 Å². The van der Waals surface area contributed by atoms with Gasteiger partial charge in [0, 0.05) is 22.9 Å². The highest BCUT2D eigenvalue weighted by atomic mass is 16.3. The first kappa shape index (κ1) is 22.6. The van der Waals surface area contributed by atoms with Gasteiger partial charge in [0.15, 0.2) is 0 Å². The molecule has 7 rings (SSSR count). The second-order valence-electron chi connectivity index (χ2n) is 10.1. The molecule has 0 atom stereocenters. The van der Waals surface area contributed by atoms with Crippen LogP contribution in [-0.2, 0) is 6.42 Å². The highest BCUT2D eigenvalue weighted by Crippen LogP contribution is 2.43. The molecular formula is C37H28O. The van der Waals surface area contributed by atoms with E-state index in [0.717, 1.165) is 29.7 Å². The summed E-state index contributed by atoms with van der Waals surface area (Å²) in [6, 6.07) is 41.5. The van der Waals surface area contributed by atoms with Crippen LogP contribution in [0.3, 0.4) is 0 Å². The molecule has 0 radical (unpaired) electrons. The number of aryl methyl sites for hydroxylation is 2. The van der Waals surface area contributed by atoms with E-state index in [9.17, 15) is 0 Å². The molecule has 0 saturated carbocycles. The van der Waals surface area contributed by atoms with Gasteiger partial charge in [0.05, 0.1) is 0 Å². The molecule has 182 valence electrons. The smallest absolute Gasteiger partial charge is 0.143 e. The molecule has 6 aromatic rings. The fourth-order valence-electron chi connectivity index (χ4n) is 5.71. The minimum absolute atomic E-state index is 0.944. The maximum absolute atomic E-state index is 6.61. The first-order valence-electron chi connectivity index (χ1n) is 13.3. The van der Waals surface area contributed by atoms with Crippen molar-refractivity contribution in [3.63, 3.8) is 0 Å². The van der Waals surface area contributed by atoms with E-state index >= 15 is 0 Å². The molecular weight excluding hydrogens is 460 g/mol. The zero-order valence-electron chi connectivity index (χ0n) is 21.4. The van der Waals surface area contributed by atoms with Crippen LogP contribution in [0.4, 0.5) is 0 Å². The van der Waals surface area contributed by atoms with Gasteiger partial charge in [-0.2, -0.15) is 0 Å². The van der Waals surface area contributed by atoms with E-state index in [1.54, 1.807) is 0 Å².